The molecule has 0 saturated carbocycles. The number of anilines is 1. The van der Waals surface area contributed by atoms with Gasteiger partial charge >= 0.3 is 0 Å². The van der Waals surface area contributed by atoms with Crippen LogP contribution in [0.5, 0.6) is 0 Å². The Hall–Kier alpha value is -3.25. The highest BCUT2D eigenvalue weighted by atomic mass is 16.5. The van der Waals surface area contributed by atoms with Crippen LogP contribution in [0, 0.1) is 6.92 Å². The van der Waals surface area contributed by atoms with Crippen molar-refractivity contribution in [1.29, 1.82) is 0 Å². The summed E-state index contributed by atoms with van der Waals surface area (Å²) in [6.07, 6.45) is 0. The van der Waals surface area contributed by atoms with Crippen LogP contribution >= 0.6 is 0 Å². The summed E-state index contributed by atoms with van der Waals surface area (Å²) < 4.78 is 5.38. The van der Waals surface area contributed by atoms with Crippen molar-refractivity contribution in [3.63, 3.8) is 0 Å². The molecule has 0 fully saturated rings. The van der Waals surface area contributed by atoms with Gasteiger partial charge in [-0.3, -0.25) is 9.59 Å². The number of hydrogen-bond donors (Lipinski definition) is 2. The molecule has 0 bridgehead atoms. The zero-order chi connectivity index (χ0) is 18.1. The van der Waals surface area contributed by atoms with Gasteiger partial charge in [0, 0.05) is 28.6 Å². The number of aromatic amines is 1. The first-order chi connectivity index (χ1) is 12.6. The zero-order valence-electron chi connectivity index (χ0n) is 14.2. The number of nitrogens with one attached hydrogen (secondary N) is 2. The second-order valence-corrected chi connectivity index (χ2v) is 6.25. The Balaban J connectivity index is 1.59. The molecule has 2 N–H and O–H groups in total. The standard InChI is InChI=1S/C20H17N3O3/c1-12-7-18(24)23-19(21-12)13-3-2-4-17(9-13)22-20(25)14-5-6-15-10-26-11-16(15)8-14/h2-9H,10-11H2,1H3,(H,22,25)(H,21,23,24). The molecule has 3 aromatic rings. The number of nitrogens with zero attached hydrogens (tertiary/aromatic N) is 1. The van der Waals surface area contributed by atoms with Gasteiger partial charge in [-0.2, -0.15) is 0 Å². The Bertz CT molecular complexity index is 1060. The summed E-state index contributed by atoms with van der Waals surface area (Å²) in [5.41, 5.74) is 4.55. The number of hydrogen-bond acceptors (Lipinski definition) is 4. The van der Waals surface area contributed by atoms with Crippen LogP contribution in [0.15, 0.2) is 53.3 Å². The first-order valence-corrected chi connectivity index (χ1v) is 8.28. The quantitative estimate of drug-likeness (QED) is 0.763. The minimum absolute atomic E-state index is 0.192. The molecule has 0 atom stereocenters. The molecule has 2 heterocycles. The van der Waals surface area contributed by atoms with Gasteiger partial charge in [0.25, 0.3) is 11.5 Å². The average Bonchev–Trinajstić information content (AvgIpc) is 3.09. The van der Waals surface area contributed by atoms with Crippen LogP contribution in [0.2, 0.25) is 0 Å². The largest absolute Gasteiger partial charge is 0.372 e. The summed E-state index contributed by atoms with van der Waals surface area (Å²) in [4.78, 5) is 31.2. The highest BCUT2D eigenvalue weighted by molar-refractivity contribution is 6.04. The Morgan fingerprint density at radius 1 is 1.12 bits per heavy atom. The van der Waals surface area contributed by atoms with Crippen molar-refractivity contribution in [1.82, 2.24) is 9.97 Å². The average molecular weight is 347 g/mol. The van der Waals surface area contributed by atoms with Crippen molar-refractivity contribution in [2.75, 3.05) is 5.32 Å². The minimum atomic E-state index is -0.206. The molecule has 0 unspecified atom stereocenters. The van der Waals surface area contributed by atoms with Gasteiger partial charge in [-0.15, -0.1) is 0 Å². The highest BCUT2D eigenvalue weighted by Gasteiger charge is 2.14. The van der Waals surface area contributed by atoms with E-state index in [0.29, 0.717) is 36.0 Å². The third-order valence-electron chi connectivity index (χ3n) is 4.25. The van der Waals surface area contributed by atoms with Gasteiger partial charge < -0.3 is 15.0 Å². The van der Waals surface area contributed by atoms with Gasteiger partial charge in [0.05, 0.1) is 13.2 Å². The summed E-state index contributed by atoms with van der Waals surface area (Å²) in [6, 6.07) is 14.2. The second kappa shape index (κ2) is 6.57. The van der Waals surface area contributed by atoms with Gasteiger partial charge in [-0.25, -0.2) is 4.98 Å². The molecule has 1 aliphatic rings. The Morgan fingerprint density at radius 2 is 1.96 bits per heavy atom. The van der Waals surface area contributed by atoms with E-state index in [1.54, 1.807) is 25.1 Å². The number of amides is 1. The molecular formula is C20H17N3O3. The number of fused-ring (bicyclic) bond motifs is 1. The van der Waals surface area contributed by atoms with E-state index in [2.05, 4.69) is 15.3 Å². The van der Waals surface area contributed by atoms with Gasteiger partial charge in [0.2, 0.25) is 0 Å². The van der Waals surface area contributed by atoms with Crippen LogP contribution in [-0.4, -0.2) is 15.9 Å². The first-order valence-electron chi connectivity index (χ1n) is 8.28. The van der Waals surface area contributed by atoms with E-state index in [1.165, 1.54) is 6.07 Å². The number of ether oxygens (including phenoxy) is 1. The van der Waals surface area contributed by atoms with Crippen molar-refractivity contribution >= 4 is 11.6 Å². The van der Waals surface area contributed by atoms with Gasteiger partial charge in [-0.05, 0) is 42.3 Å². The first kappa shape index (κ1) is 16.2. The van der Waals surface area contributed by atoms with E-state index in [0.717, 1.165) is 16.7 Å². The summed E-state index contributed by atoms with van der Waals surface area (Å²) in [7, 11) is 0. The van der Waals surface area contributed by atoms with E-state index < -0.39 is 0 Å². The number of aryl methyl sites for hydroxylation is 1. The fraction of sp³-hybridized carbons (Fsp3) is 0.150. The number of benzene rings is 2. The van der Waals surface area contributed by atoms with Crippen molar-refractivity contribution in [2.45, 2.75) is 20.1 Å². The molecule has 1 aliphatic heterocycles. The van der Waals surface area contributed by atoms with Crippen molar-refractivity contribution in [3.05, 3.63) is 81.3 Å². The fourth-order valence-corrected chi connectivity index (χ4v) is 2.98. The molecule has 0 saturated heterocycles. The predicted octanol–water partition coefficient (Wildman–Crippen LogP) is 3.03. The second-order valence-electron chi connectivity index (χ2n) is 6.25. The van der Waals surface area contributed by atoms with Gasteiger partial charge in [0.1, 0.15) is 5.82 Å². The van der Waals surface area contributed by atoms with E-state index in [9.17, 15) is 9.59 Å². The Kier molecular flexibility index (Phi) is 4.10. The molecule has 1 amide bonds. The van der Waals surface area contributed by atoms with Crippen LogP contribution in [0.1, 0.15) is 27.2 Å². The lowest BCUT2D eigenvalue weighted by atomic mass is 10.1. The molecular weight excluding hydrogens is 330 g/mol. The maximum atomic E-state index is 12.5. The number of H-pyrrole nitrogens is 1. The summed E-state index contributed by atoms with van der Waals surface area (Å²) in [5.74, 6) is 0.281. The minimum Gasteiger partial charge on any atom is -0.372 e. The van der Waals surface area contributed by atoms with Crippen molar-refractivity contribution in [2.24, 2.45) is 0 Å². The third-order valence-corrected chi connectivity index (χ3v) is 4.25. The molecule has 0 radical (unpaired) electrons. The zero-order valence-corrected chi connectivity index (χ0v) is 14.2. The van der Waals surface area contributed by atoms with E-state index in [-0.39, 0.29) is 11.5 Å². The lowest BCUT2D eigenvalue weighted by Gasteiger charge is -2.08. The maximum Gasteiger partial charge on any atom is 0.255 e. The van der Waals surface area contributed by atoms with Crippen LogP contribution in [0.4, 0.5) is 5.69 Å². The number of carbonyl (C=O) groups is 1. The van der Waals surface area contributed by atoms with Crippen molar-refractivity contribution in [3.8, 4) is 11.4 Å². The summed E-state index contributed by atoms with van der Waals surface area (Å²) >= 11 is 0. The summed E-state index contributed by atoms with van der Waals surface area (Å²) in [5, 5.41) is 2.89. The molecule has 130 valence electrons. The molecule has 4 rings (SSSR count). The Labute approximate surface area is 149 Å². The number of aromatic nitrogens is 2. The third kappa shape index (κ3) is 3.27. The monoisotopic (exact) mass is 347 g/mol. The molecule has 6 heteroatoms. The van der Waals surface area contributed by atoms with Crippen molar-refractivity contribution < 1.29 is 9.53 Å². The fourth-order valence-electron chi connectivity index (χ4n) is 2.98. The number of rotatable bonds is 3. The Morgan fingerprint density at radius 3 is 2.81 bits per heavy atom. The van der Waals surface area contributed by atoms with E-state index in [4.69, 9.17) is 4.74 Å². The van der Waals surface area contributed by atoms with Crippen LogP contribution in [-0.2, 0) is 18.0 Å². The number of carbonyl (C=O) groups excluding carboxylic acids is 1. The molecule has 1 aromatic heterocycles. The topological polar surface area (TPSA) is 84.1 Å². The lowest BCUT2D eigenvalue weighted by molar-refractivity contribution is 0.102. The van der Waals surface area contributed by atoms with Crippen LogP contribution in [0.25, 0.3) is 11.4 Å². The molecule has 0 spiro atoms. The molecule has 0 aliphatic carbocycles. The molecule has 6 nitrogen and oxygen atoms in total. The SMILES string of the molecule is Cc1cc(=O)[nH]c(-c2cccc(NC(=O)c3ccc4c(c3)COC4)c2)n1. The van der Waals surface area contributed by atoms with Gasteiger partial charge in [-0.1, -0.05) is 18.2 Å². The van der Waals surface area contributed by atoms with Gasteiger partial charge in [0.15, 0.2) is 0 Å². The normalized spacial score (nSPS) is 12.7. The van der Waals surface area contributed by atoms with Crippen LogP contribution in [0.3, 0.4) is 0 Å². The smallest absolute Gasteiger partial charge is 0.255 e. The molecule has 26 heavy (non-hydrogen) atoms. The highest BCUT2D eigenvalue weighted by Crippen LogP contribution is 2.23. The summed E-state index contributed by atoms with van der Waals surface area (Å²) in [6.45, 7) is 2.90. The van der Waals surface area contributed by atoms with E-state index >= 15 is 0 Å². The lowest BCUT2D eigenvalue weighted by Crippen LogP contribution is -2.12. The molecule has 2 aromatic carbocycles. The maximum absolute atomic E-state index is 12.5. The van der Waals surface area contributed by atoms with E-state index in [1.807, 2.05) is 24.3 Å². The predicted molar refractivity (Wildman–Crippen MR) is 97.9 cm³/mol. The van der Waals surface area contributed by atoms with Crippen LogP contribution < -0.4 is 10.9 Å².